The molecule has 3 nitrogen and oxygen atoms in total. The minimum absolute atomic E-state index is 0.779. The highest BCUT2D eigenvalue weighted by Crippen LogP contribution is 2.19. The van der Waals surface area contributed by atoms with Gasteiger partial charge in [0.1, 0.15) is 0 Å². The smallest absolute Gasteiger partial charge is 0.0469 e. The SMILES string of the molecule is CCCC1CNCCN1CC1CCOCC1. The second kappa shape index (κ2) is 6.58. The number of ether oxygens (including phenoxy) is 1. The summed E-state index contributed by atoms with van der Waals surface area (Å²) in [6, 6.07) is 0.779. The van der Waals surface area contributed by atoms with Crippen LogP contribution in [-0.4, -0.2) is 50.3 Å². The number of nitrogens with one attached hydrogen (secondary N) is 1. The van der Waals surface area contributed by atoms with Crippen molar-refractivity contribution in [2.45, 2.75) is 38.6 Å². The fraction of sp³-hybridized carbons (Fsp3) is 1.00. The Morgan fingerprint density at radius 1 is 1.31 bits per heavy atom. The van der Waals surface area contributed by atoms with Crippen molar-refractivity contribution in [2.75, 3.05) is 39.4 Å². The minimum atomic E-state index is 0.779. The molecule has 2 saturated heterocycles. The van der Waals surface area contributed by atoms with Crippen LogP contribution in [0.2, 0.25) is 0 Å². The van der Waals surface area contributed by atoms with Crippen LogP contribution in [-0.2, 0) is 4.74 Å². The topological polar surface area (TPSA) is 24.5 Å². The fourth-order valence-electron chi connectivity index (χ4n) is 2.92. The van der Waals surface area contributed by atoms with Crippen LogP contribution in [0.1, 0.15) is 32.6 Å². The van der Waals surface area contributed by atoms with Crippen LogP contribution in [0.25, 0.3) is 0 Å². The van der Waals surface area contributed by atoms with E-state index in [4.69, 9.17) is 4.74 Å². The molecule has 2 heterocycles. The van der Waals surface area contributed by atoms with Gasteiger partial charge in [0.25, 0.3) is 0 Å². The zero-order valence-electron chi connectivity index (χ0n) is 10.6. The maximum absolute atomic E-state index is 5.43. The van der Waals surface area contributed by atoms with E-state index in [1.165, 1.54) is 51.9 Å². The average Bonchev–Trinajstić information content (AvgIpc) is 2.33. The van der Waals surface area contributed by atoms with E-state index < -0.39 is 0 Å². The molecule has 0 aromatic rings. The van der Waals surface area contributed by atoms with Crippen molar-refractivity contribution in [3.05, 3.63) is 0 Å². The lowest BCUT2D eigenvalue weighted by Gasteiger charge is -2.39. The number of hydrogen-bond donors (Lipinski definition) is 1. The van der Waals surface area contributed by atoms with Gasteiger partial charge in [-0.3, -0.25) is 4.90 Å². The number of rotatable bonds is 4. The third kappa shape index (κ3) is 3.44. The first kappa shape index (κ1) is 12.3. The third-order valence-electron chi connectivity index (χ3n) is 3.93. The highest BCUT2D eigenvalue weighted by molar-refractivity contribution is 4.81. The Kier molecular flexibility index (Phi) is 5.07. The lowest BCUT2D eigenvalue weighted by molar-refractivity contribution is 0.0398. The summed E-state index contributed by atoms with van der Waals surface area (Å²) in [6.45, 7) is 9.16. The van der Waals surface area contributed by atoms with Gasteiger partial charge in [-0.05, 0) is 25.2 Å². The van der Waals surface area contributed by atoms with E-state index in [-0.39, 0.29) is 0 Å². The largest absolute Gasteiger partial charge is 0.381 e. The number of piperazine rings is 1. The van der Waals surface area contributed by atoms with Gasteiger partial charge < -0.3 is 10.1 Å². The van der Waals surface area contributed by atoms with E-state index in [1.807, 2.05) is 0 Å². The molecule has 0 radical (unpaired) electrons. The molecular formula is C13H26N2O. The highest BCUT2D eigenvalue weighted by Gasteiger charge is 2.24. The van der Waals surface area contributed by atoms with Crippen LogP contribution < -0.4 is 5.32 Å². The van der Waals surface area contributed by atoms with Crippen molar-refractivity contribution in [1.29, 1.82) is 0 Å². The van der Waals surface area contributed by atoms with Crippen LogP contribution in [0.3, 0.4) is 0 Å². The van der Waals surface area contributed by atoms with Gasteiger partial charge in [-0.25, -0.2) is 0 Å². The second-order valence-electron chi connectivity index (χ2n) is 5.20. The van der Waals surface area contributed by atoms with Crippen LogP contribution in [0.5, 0.6) is 0 Å². The van der Waals surface area contributed by atoms with Crippen LogP contribution in [0.4, 0.5) is 0 Å². The van der Waals surface area contributed by atoms with Gasteiger partial charge in [0.15, 0.2) is 0 Å². The maximum Gasteiger partial charge on any atom is 0.0469 e. The Labute approximate surface area is 99.5 Å². The third-order valence-corrected chi connectivity index (χ3v) is 3.93. The van der Waals surface area contributed by atoms with Gasteiger partial charge in [-0.2, -0.15) is 0 Å². The Balaban J connectivity index is 1.80. The monoisotopic (exact) mass is 226 g/mol. The summed E-state index contributed by atoms with van der Waals surface area (Å²) >= 11 is 0. The molecule has 1 N–H and O–H groups in total. The fourth-order valence-corrected chi connectivity index (χ4v) is 2.92. The summed E-state index contributed by atoms with van der Waals surface area (Å²) in [6.07, 6.45) is 5.18. The van der Waals surface area contributed by atoms with Crippen molar-refractivity contribution in [1.82, 2.24) is 10.2 Å². The number of nitrogens with zero attached hydrogens (tertiary/aromatic N) is 1. The van der Waals surface area contributed by atoms with Crippen molar-refractivity contribution in [3.63, 3.8) is 0 Å². The lowest BCUT2D eigenvalue weighted by atomic mass is 9.97. The molecule has 16 heavy (non-hydrogen) atoms. The number of hydrogen-bond acceptors (Lipinski definition) is 3. The van der Waals surface area contributed by atoms with E-state index in [1.54, 1.807) is 0 Å². The summed E-state index contributed by atoms with van der Waals surface area (Å²) in [4.78, 5) is 2.72. The van der Waals surface area contributed by atoms with Crippen LogP contribution >= 0.6 is 0 Å². The van der Waals surface area contributed by atoms with Gasteiger partial charge >= 0.3 is 0 Å². The van der Waals surface area contributed by atoms with E-state index in [2.05, 4.69) is 17.1 Å². The highest BCUT2D eigenvalue weighted by atomic mass is 16.5. The van der Waals surface area contributed by atoms with Crippen LogP contribution in [0, 0.1) is 5.92 Å². The van der Waals surface area contributed by atoms with Gasteiger partial charge in [-0.15, -0.1) is 0 Å². The predicted molar refractivity (Wildman–Crippen MR) is 66.7 cm³/mol. The van der Waals surface area contributed by atoms with Gasteiger partial charge in [-0.1, -0.05) is 13.3 Å². The zero-order chi connectivity index (χ0) is 11.2. The molecule has 1 unspecified atom stereocenters. The summed E-state index contributed by atoms with van der Waals surface area (Å²) in [7, 11) is 0. The lowest BCUT2D eigenvalue weighted by Crippen LogP contribution is -2.52. The molecule has 2 aliphatic heterocycles. The Morgan fingerprint density at radius 2 is 2.12 bits per heavy atom. The maximum atomic E-state index is 5.43. The van der Waals surface area contributed by atoms with E-state index in [0.717, 1.165) is 25.2 Å². The molecule has 0 aromatic carbocycles. The Bertz CT molecular complexity index is 190. The van der Waals surface area contributed by atoms with Crippen LogP contribution in [0.15, 0.2) is 0 Å². The molecule has 94 valence electrons. The zero-order valence-corrected chi connectivity index (χ0v) is 10.6. The van der Waals surface area contributed by atoms with Gasteiger partial charge in [0.2, 0.25) is 0 Å². The molecule has 1 atom stereocenters. The Hall–Kier alpha value is -0.120. The van der Waals surface area contributed by atoms with Gasteiger partial charge in [0.05, 0.1) is 0 Å². The standard InChI is InChI=1S/C13H26N2O/c1-2-3-13-10-14-6-7-15(13)11-12-4-8-16-9-5-12/h12-14H,2-11H2,1H3. The molecular weight excluding hydrogens is 200 g/mol. The summed E-state index contributed by atoms with van der Waals surface area (Å²) in [5.74, 6) is 0.881. The quantitative estimate of drug-likeness (QED) is 0.786. The van der Waals surface area contributed by atoms with Crippen molar-refractivity contribution >= 4 is 0 Å². The molecule has 0 amide bonds. The van der Waals surface area contributed by atoms with E-state index in [9.17, 15) is 0 Å². The molecule has 2 fully saturated rings. The molecule has 0 bridgehead atoms. The summed E-state index contributed by atoms with van der Waals surface area (Å²) < 4.78 is 5.43. The average molecular weight is 226 g/mol. The molecule has 0 saturated carbocycles. The molecule has 3 heteroatoms. The molecule has 0 spiro atoms. The van der Waals surface area contributed by atoms with E-state index in [0.29, 0.717) is 0 Å². The molecule has 0 aliphatic carbocycles. The first-order valence-corrected chi connectivity index (χ1v) is 6.92. The van der Waals surface area contributed by atoms with Gasteiger partial charge in [0, 0.05) is 45.4 Å². The first-order chi connectivity index (χ1) is 7.90. The van der Waals surface area contributed by atoms with Crippen molar-refractivity contribution in [3.8, 4) is 0 Å². The first-order valence-electron chi connectivity index (χ1n) is 6.92. The Morgan fingerprint density at radius 3 is 2.88 bits per heavy atom. The second-order valence-corrected chi connectivity index (χ2v) is 5.20. The minimum Gasteiger partial charge on any atom is -0.381 e. The van der Waals surface area contributed by atoms with E-state index >= 15 is 0 Å². The molecule has 2 rings (SSSR count). The predicted octanol–water partition coefficient (Wildman–Crippen LogP) is 1.49. The van der Waals surface area contributed by atoms with Crippen molar-refractivity contribution < 1.29 is 4.74 Å². The normalized spacial score (nSPS) is 29.4. The summed E-state index contributed by atoms with van der Waals surface area (Å²) in [5.41, 5.74) is 0. The van der Waals surface area contributed by atoms with Crippen molar-refractivity contribution in [2.24, 2.45) is 5.92 Å². The molecule has 2 aliphatic rings. The summed E-state index contributed by atoms with van der Waals surface area (Å²) in [5, 5.41) is 3.52. The molecule has 0 aromatic heterocycles.